The Hall–Kier alpha value is -2.57. The van der Waals surface area contributed by atoms with Gasteiger partial charge in [0.2, 0.25) is 0 Å². The Morgan fingerprint density at radius 3 is 2.93 bits per heavy atom. The van der Waals surface area contributed by atoms with Gasteiger partial charge >= 0.3 is 0 Å². The number of benzene rings is 1. The molecule has 2 aliphatic rings. The highest BCUT2D eigenvalue weighted by Crippen LogP contribution is 2.44. The first-order chi connectivity index (χ1) is 13.8. The molecule has 6 rings (SSSR count). The fourth-order valence-corrected chi connectivity index (χ4v) is 5.50. The van der Waals surface area contributed by atoms with E-state index in [4.69, 9.17) is 5.10 Å². The van der Waals surface area contributed by atoms with Crippen molar-refractivity contribution in [2.45, 2.75) is 31.3 Å². The van der Waals surface area contributed by atoms with Crippen LogP contribution in [0.3, 0.4) is 0 Å². The molecule has 140 valence electrons. The summed E-state index contributed by atoms with van der Waals surface area (Å²) in [6.45, 7) is 4.30. The van der Waals surface area contributed by atoms with Crippen molar-refractivity contribution in [1.82, 2.24) is 24.6 Å². The van der Waals surface area contributed by atoms with Crippen molar-refractivity contribution in [3.63, 3.8) is 0 Å². The molecule has 0 bridgehead atoms. The zero-order valence-electron chi connectivity index (χ0n) is 15.6. The minimum atomic E-state index is 0.250. The summed E-state index contributed by atoms with van der Waals surface area (Å²) < 4.78 is 2.24. The summed E-state index contributed by atoms with van der Waals surface area (Å²) >= 11 is 1.75. The number of aryl methyl sites for hydroxylation is 1. The maximum absolute atomic E-state index is 4.94. The lowest BCUT2D eigenvalue weighted by Crippen LogP contribution is -2.28. The van der Waals surface area contributed by atoms with E-state index in [-0.39, 0.29) is 5.41 Å². The first kappa shape index (κ1) is 16.4. The normalized spacial score (nSPS) is 21.7. The first-order valence-electron chi connectivity index (χ1n) is 9.82. The summed E-state index contributed by atoms with van der Waals surface area (Å²) in [4.78, 5) is 12.8. The molecule has 6 heteroatoms. The third kappa shape index (κ3) is 2.59. The van der Waals surface area contributed by atoms with Crippen LogP contribution in [-0.4, -0.2) is 37.7 Å². The smallest absolute Gasteiger partial charge is 0.0941 e. The van der Waals surface area contributed by atoms with E-state index in [9.17, 15) is 0 Å². The van der Waals surface area contributed by atoms with Gasteiger partial charge in [-0.3, -0.25) is 19.5 Å². The summed E-state index contributed by atoms with van der Waals surface area (Å²) in [5.74, 6) is 0. The van der Waals surface area contributed by atoms with E-state index in [0.29, 0.717) is 0 Å². The number of nitrogens with zero attached hydrogens (tertiary/aromatic N) is 5. The second kappa shape index (κ2) is 6.22. The Bertz CT molecular complexity index is 1150. The number of fused-ring (bicyclic) bond motifs is 3. The van der Waals surface area contributed by atoms with E-state index in [1.165, 1.54) is 28.8 Å². The molecule has 28 heavy (non-hydrogen) atoms. The minimum absolute atomic E-state index is 0.250. The molecule has 2 aliphatic heterocycles. The van der Waals surface area contributed by atoms with E-state index >= 15 is 0 Å². The number of para-hydroxylation sites is 1. The average Bonchev–Trinajstić information content (AvgIpc) is 3.50. The summed E-state index contributed by atoms with van der Waals surface area (Å²) in [5, 5.41) is 6.10. The maximum Gasteiger partial charge on any atom is 0.0941 e. The zero-order chi connectivity index (χ0) is 18.6. The van der Waals surface area contributed by atoms with Crippen LogP contribution < -0.4 is 0 Å². The van der Waals surface area contributed by atoms with E-state index < -0.39 is 0 Å². The second-order valence-corrected chi connectivity index (χ2v) is 8.98. The van der Waals surface area contributed by atoms with Crippen molar-refractivity contribution in [3.05, 3.63) is 64.9 Å². The van der Waals surface area contributed by atoms with E-state index in [0.717, 1.165) is 43.0 Å². The molecule has 0 N–H and O–H groups in total. The van der Waals surface area contributed by atoms with Crippen LogP contribution in [0.5, 0.6) is 0 Å². The predicted molar refractivity (Wildman–Crippen MR) is 111 cm³/mol. The molecule has 1 atom stereocenters. The minimum Gasteiger partial charge on any atom is -0.297 e. The lowest BCUT2D eigenvalue weighted by molar-refractivity contribution is 0.304. The Morgan fingerprint density at radius 1 is 1.07 bits per heavy atom. The Kier molecular flexibility index (Phi) is 3.64. The van der Waals surface area contributed by atoms with Gasteiger partial charge in [0, 0.05) is 59.0 Å². The molecular formula is C22H21N5S. The third-order valence-corrected chi connectivity index (χ3v) is 7.07. The summed E-state index contributed by atoms with van der Waals surface area (Å²) in [7, 11) is 0. The molecule has 0 amide bonds. The number of thiazole rings is 1. The Labute approximate surface area is 167 Å². The molecule has 1 saturated heterocycles. The number of hydrogen-bond acceptors (Lipinski definition) is 5. The molecule has 4 aromatic rings. The van der Waals surface area contributed by atoms with Crippen molar-refractivity contribution in [1.29, 1.82) is 0 Å². The van der Waals surface area contributed by atoms with Gasteiger partial charge in [-0.1, -0.05) is 18.2 Å². The number of hydrogen-bond donors (Lipinski definition) is 0. The van der Waals surface area contributed by atoms with Gasteiger partial charge in [-0.2, -0.15) is 5.10 Å². The predicted octanol–water partition coefficient (Wildman–Crippen LogP) is 4.10. The topological polar surface area (TPSA) is 46.8 Å². The molecule has 5 heterocycles. The second-order valence-electron chi connectivity index (χ2n) is 8.01. The molecule has 1 spiro atoms. The molecular weight excluding hydrogens is 366 g/mol. The Balaban J connectivity index is 1.30. The summed E-state index contributed by atoms with van der Waals surface area (Å²) in [6, 6.07) is 12.8. The monoisotopic (exact) mass is 387 g/mol. The van der Waals surface area contributed by atoms with Crippen LogP contribution in [0.4, 0.5) is 0 Å². The maximum atomic E-state index is 4.94. The van der Waals surface area contributed by atoms with Crippen molar-refractivity contribution in [2.24, 2.45) is 0 Å². The van der Waals surface area contributed by atoms with Gasteiger partial charge in [0.1, 0.15) is 0 Å². The Morgan fingerprint density at radius 2 is 2.00 bits per heavy atom. The average molecular weight is 388 g/mol. The number of likely N-dealkylation sites (tertiary alicyclic amines) is 1. The van der Waals surface area contributed by atoms with Gasteiger partial charge in [-0.05, 0) is 37.6 Å². The molecule has 1 aromatic carbocycles. The van der Waals surface area contributed by atoms with Gasteiger partial charge in [0.25, 0.3) is 0 Å². The third-order valence-electron chi connectivity index (χ3n) is 6.31. The van der Waals surface area contributed by atoms with Gasteiger partial charge < -0.3 is 0 Å². The lowest BCUT2D eigenvalue weighted by Gasteiger charge is -2.23. The fourth-order valence-electron chi connectivity index (χ4n) is 4.86. The largest absolute Gasteiger partial charge is 0.297 e. The quantitative estimate of drug-likeness (QED) is 0.531. The first-order valence-corrected chi connectivity index (χ1v) is 10.7. The van der Waals surface area contributed by atoms with Crippen molar-refractivity contribution in [2.75, 3.05) is 13.1 Å². The van der Waals surface area contributed by atoms with E-state index in [1.807, 2.05) is 24.0 Å². The molecule has 1 unspecified atom stereocenters. The molecule has 3 aromatic heterocycles. The van der Waals surface area contributed by atoms with Gasteiger partial charge in [-0.15, -0.1) is 11.3 Å². The van der Waals surface area contributed by atoms with Crippen LogP contribution in [0.25, 0.3) is 22.2 Å². The van der Waals surface area contributed by atoms with Crippen LogP contribution in [0.15, 0.2) is 54.3 Å². The van der Waals surface area contributed by atoms with Gasteiger partial charge in [-0.25, -0.2) is 0 Å². The van der Waals surface area contributed by atoms with Crippen LogP contribution in [0, 0.1) is 0 Å². The van der Waals surface area contributed by atoms with Crippen LogP contribution in [0.2, 0.25) is 0 Å². The molecule has 0 aliphatic carbocycles. The van der Waals surface area contributed by atoms with Gasteiger partial charge in [0.05, 0.1) is 16.7 Å². The molecule has 0 radical (unpaired) electrons. The SMILES string of the molecule is c1ccc2ncc(-c3cc4n(n3)CCC43CCN(Cc4cncs4)C3)cc2c1. The number of aromatic nitrogens is 4. The number of rotatable bonds is 3. The van der Waals surface area contributed by atoms with Crippen LogP contribution in [-0.2, 0) is 18.5 Å². The van der Waals surface area contributed by atoms with E-state index in [2.05, 4.69) is 49.9 Å². The lowest BCUT2D eigenvalue weighted by atomic mass is 9.82. The highest BCUT2D eigenvalue weighted by molar-refractivity contribution is 7.09. The van der Waals surface area contributed by atoms with Crippen LogP contribution in [0.1, 0.15) is 23.4 Å². The molecule has 0 saturated carbocycles. The standard InChI is InChI=1S/C22H21N5S/c1-2-4-19-16(3-1)9-17(11-24-19)20-10-21-22(6-8-27(21)25-20)5-7-26(14-22)13-18-12-23-15-28-18/h1-4,9-12,15H,5-8,13-14H2. The van der Waals surface area contributed by atoms with Crippen molar-refractivity contribution in [3.8, 4) is 11.3 Å². The summed E-state index contributed by atoms with van der Waals surface area (Å²) in [5.41, 5.74) is 6.77. The van der Waals surface area contributed by atoms with Crippen LogP contribution >= 0.6 is 11.3 Å². The van der Waals surface area contributed by atoms with Crippen molar-refractivity contribution < 1.29 is 0 Å². The highest BCUT2D eigenvalue weighted by atomic mass is 32.1. The van der Waals surface area contributed by atoms with Gasteiger partial charge in [0.15, 0.2) is 0 Å². The van der Waals surface area contributed by atoms with Crippen molar-refractivity contribution >= 4 is 22.2 Å². The zero-order valence-corrected chi connectivity index (χ0v) is 16.4. The molecule has 1 fully saturated rings. The van der Waals surface area contributed by atoms with E-state index in [1.54, 1.807) is 11.3 Å². The molecule has 5 nitrogen and oxygen atoms in total. The highest BCUT2D eigenvalue weighted by Gasteiger charge is 2.45. The number of pyridine rings is 1. The fraction of sp³-hybridized carbons (Fsp3) is 0.318. The summed E-state index contributed by atoms with van der Waals surface area (Å²) in [6.07, 6.45) is 6.37.